The fourth-order valence-corrected chi connectivity index (χ4v) is 6.12. The van der Waals surface area contributed by atoms with Crippen LogP contribution in [-0.4, -0.2) is 125 Å². The minimum absolute atomic E-state index is 0.0471. The van der Waals surface area contributed by atoms with Gasteiger partial charge in [0.25, 0.3) is 0 Å². The number of rotatable bonds is 12. The highest BCUT2D eigenvalue weighted by Crippen LogP contribution is 2.09. The number of hydrogen-bond acceptors (Lipinski definition) is 11. The lowest BCUT2D eigenvalue weighted by molar-refractivity contribution is -0.136. The molecule has 0 aliphatic carbocycles. The number of aliphatic imine (C=N–C) groups is 1. The lowest BCUT2D eigenvalue weighted by Crippen LogP contribution is -2.60. The molecule has 9 amide bonds. The predicted octanol–water partition coefficient (Wildman–Crippen LogP) is -4.51. The summed E-state index contributed by atoms with van der Waals surface area (Å²) in [6, 6.07) is 0.825. The van der Waals surface area contributed by atoms with Crippen LogP contribution < -0.4 is 59.7 Å². The van der Waals surface area contributed by atoms with E-state index in [1.807, 2.05) is 0 Å². The zero-order chi connectivity index (χ0) is 44.9. The van der Waals surface area contributed by atoms with Gasteiger partial charge in [-0.3, -0.25) is 48.1 Å². The summed E-state index contributed by atoms with van der Waals surface area (Å²) in [5, 5.41) is 20.3. The van der Waals surface area contributed by atoms with E-state index in [4.69, 9.17) is 17.2 Å². The van der Waals surface area contributed by atoms with Crippen molar-refractivity contribution in [2.45, 2.75) is 101 Å². The number of carbonyl (C=O) groups is 9. The summed E-state index contributed by atoms with van der Waals surface area (Å²) in [4.78, 5) is 130. The second kappa shape index (κ2) is 24.8. The Labute approximate surface area is 351 Å². The highest BCUT2D eigenvalue weighted by Gasteiger charge is 2.33. The molecule has 2 aromatic rings. The summed E-state index contributed by atoms with van der Waals surface area (Å²) in [6.45, 7) is 2.21. The van der Waals surface area contributed by atoms with E-state index < -0.39 is 102 Å². The van der Waals surface area contributed by atoms with Crippen LogP contribution in [0.1, 0.15) is 63.6 Å². The van der Waals surface area contributed by atoms with Gasteiger partial charge in [-0.1, -0.05) is 30.3 Å². The smallest absolute Gasteiger partial charge is 0.243 e. The third-order valence-electron chi connectivity index (χ3n) is 9.28. The minimum Gasteiger partial charge on any atom is -0.370 e. The van der Waals surface area contributed by atoms with Crippen LogP contribution in [0, 0.1) is 0 Å². The third-order valence-corrected chi connectivity index (χ3v) is 9.28. The Balaban J connectivity index is 2.00. The molecular formula is C38H56N14O9. The van der Waals surface area contributed by atoms with Gasteiger partial charge in [0.2, 0.25) is 53.2 Å². The second-order valence-electron chi connectivity index (χ2n) is 14.4. The molecule has 1 aromatic carbocycles. The Bertz CT molecular complexity index is 1870. The Hall–Kier alpha value is -7.07. The molecule has 0 spiro atoms. The first-order valence-electron chi connectivity index (χ1n) is 19.7. The topological polar surface area (TPSA) is 369 Å². The minimum atomic E-state index is -1.60. The molecule has 23 heteroatoms. The quantitative estimate of drug-likeness (QED) is 0.0546. The standard InChI is InChI=1S/C38H56N14O9/c1-21-33(57)45-19-31(55)49-25(32(39)56)11-6-7-13-43-30(54)17-29(52-34(58)26(48-22(2)53)12-8-14-44-38(40)41)37(61)51-28(16-24-18-42-20-46-24)36(60)50-27(35(59)47-21)15-23-9-4-3-5-10-23/h3-5,9-10,18,20-21,25-29H,6-8,11-17,19H2,1-2H3,(H2,39,56)(H,42,46)(H,43,54)(H,45,57)(H,47,59)(H,48,53)(H,49,55)(H,50,60)(H,51,61)(H,52,58)(H4,40,41,44)/t21-,25-,26-,27+,28-,29-/m0/s1. The maximum atomic E-state index is 14.1. The van der Waals surface area contributed by atoms with Crippen LogP contribution in [0.25, 0.3) is 0 Å². The van der Waals surface area contributed by atoms with E-state index in [0.29, 0.717) is 24.1 Å². The summed E-state index contributed by atoms with van der Waals surface area (Å²) >= 11 is 0. The molecule has 23 nitrogen and oxygen atoms in total. The van der Waals surface area contributed by atoms with Crippen molar-refractivity contribution < 1.29 is 43.2 Å². The number of primary amides is 1. The summed E-state index contributed by atoms with van der Waals surface area (Å²) in [6.07, 6.45) is 2.91. The van der Waals surface area contributed by atoms with Crippen molar-refractivity contribution in [3.05, 3.63) is 54.1 Å². The molecular weight excluding hydrogens is 797 g/mol. The van der Waals surface area contributed by atoms with Crippen molar-refractivity contribution in [1.29, 1.82) is 0 Å². The molecule has 1 aliphatic rings. The fourth-order valence-electron chi connectivity index (χ4n) is 6.12. The molecule has 0 radical (unpaired) electrons. The van der Waals surface area contributed by atoms with Crippen LogP contribution >= 0.6 is 0 Å². The number of nitrogens with one attached hydrogen (secondary N) is 9. The van der Waals surface area contributed by atoms with E-state index in [1.54, 1.807) is 30.3 Å². The van der Waals surface area contributed by atoms with Gasteiger partial charge in [-0.15, -0.1) is 0 Å². The first-order chi connectivity index (χ1) is 29.0. The van der Waals surface area contributed by atoms with Gasteiger partial charge in [-0.25, -0.2) is 4.98 Å². The third kappa shape index (κ3) is 17.8. The summed E-state index contributed by atoms with van der Waals surface area (Å²) in [5.74, 6) is -7.11. The molecule has 0 saturated carbocycles. The Morgan fingerprint density at radius 3 is 2.20 bits per heavy atom. The van der Waals surface area contributed by atoms with Crippen LogP contribution in [0.5, 0.6) is 0 Å². The number of aromatic nitrogens is 2. The van der Waals surface area contributed by atoms with Crippen molar-refractivity contribution in [2.75, 3.05) is 19.6 Å². The van der Waals surface area contributed by atoms with Gasteiger partial charge in [0.1, 0.15) is 36.3 Å². The number of aromatic amines is 1. The summed E-state index contributed by atoms with van der Waals surface area (Å²) < 4.78 is 0. The molecule has 6 atom stereocenters. The van der Waals surface area contributed by atoms with E-state index in [2.05, 4.69) is 57.5 Å². The second-order valence-corrected chi connectivity index (χ2v) is 14.4. The van der Waals surface area contributed by atoms with E-state index in [0.717, 1.165) is 0 Å². The number of carbonyl (C=O) groups excluding carboxylic acids is 9. The molecule has 1 fully saturated rings. The van der Waals surface area contributed by atoms with Crippen molar-refractivity contribution in [2.24, 2.45) is 22.2 Å². The average Bonchev–Trinajstić information content (AvgIpc) is 3.72. The van der Waals surface area contributed by atoms with Gasteiger partial charge in [-0.2, -0.15) is 0 Å². The zero-order valence-electron chi connectivity index (χ0n) is 34.1. The van der Waals surface area contributed by atoms with E-state index in [9.17, 15) is 43.2 Å². The van der Waals surface area contributed by atoms with Crippen molar-refractivity contribution in [1.82, 2.24) is 52.5 Å². The lowest BCUT2D eigenvalue weighted by Gasteiger charge is -2.27. The highest BCUT2D eigenvalue weighted by atomic mass is 16.2. The zero-order valence-corrected chi connectivity index (χ0v) is 34.1. The average molecular weight is 853 g/mol. The van der Waals surface area contributed by atoms with E-state index >= 15 is 0 Å². The molecule has 332 valence electrons. The number of imidazole rings is 1. The van der Waals surface area contributed by atoms with E-state index in [-0.39, 0.29) is 51.2 Å². The number of amides is 9. The Morgan fingerprint density at radius 2 is 1.54 bits per heavy atom. The lowest BCUT2D eigenvalue weighted by atomic mass is 10.0. The fraction of sp³-hybridized carbons (Fsp3) is 0.500. The van der Waals surface area contributed by atoms with Crippen LogP contribution in [-0.2, 0) is 56.0 Å². The maximum Gasteiger partial charge on any atom is 0.243 e. The molecule has 2 heterocycles. The van der Waals surface area contributed by atoms with E-state index in [1.165, 1.54) is 26.4 Å². The van der Waals surface area contributed by atoms with Crippen molar-refractivity contribution in [3.8, 4) is 0 Å². The monoisotopic (exact) mass is 852 g/mol. The number of nitrogens with two attached hydrogens (primary N) is 3. The predicted molar refractivity (Wildman–Crippen MR) is 219 cm³/mol. The molecule has 1 aromatic heterocycles. The van der Waals surface area contributed by atoms with Gasteiger partial charge in [0.05, 0.1) is 19.3 Å². The normalized spacial score (nSPS) is 22.0. The van der Waals surface area contributed by atoms with Crippen LogP contribution in [0.3, 0.4) is 0 Å². The molecule has 61 heavy (non-hydrogen) atoms. The van der Waals surface area contributed by atoms with Gasteiger partial charge in [-0.05, 0) is 44.6 Å². The highest BCUT2D eigenvalue weighted by molar-refractivity contribution is 5.98. The van der Waals surface area contributed by atoms with Gasteiger partial charge >= 0.3 is 0 Å². The number of hydrogen-bond donors (Lipinski definition) is 12. The molecule has 15 N–H and O–H groups in total. The Morgan fingerprint density at radius 1 is 0.852 bits per heavy atom. The molecule has 0 unspecified atom stereocenters. The number of H-pyrrole nitrogens is 1. The van der Waals surface area contributed by atoms with Gasteiger partial charge in [0.15, 0.2) is 5.96 Å². The number of benzene rings is 1. The molecule has 0 bridgehead atoms. The van der Waals surface area contributed by atoms with Crippen LogP contribution in [0.2, 0.25) is 0 Å². The Kier molecular flexibility index (Phi) is 19.6. The van der Waals surface area contributed by atoms with Crippen molar-refractivity contribution >= 4 is 59.1 Å². The van der Waals surface area contributed by atoms with Crippen molar-refractivity contribution in [3.63, 3.8) is 0 Å². The summed E-state index contributed by atoms with van der Waals surface area (Å²) in [5.41, 5.74) is 17.3. The van der Waals surface area contributed by atoms with Crippen LogP contribution in [0.15, 0.2) is 47.8 Å². The van der Waals surface area contributed by atoms with Crippen LogP contribution in [0.4, 0.5) is 0 Å². The van der Waals surface area contributed by atoms with Gasteiger partial charge < -0.3 is 64.7 Å². The number of nitrogens with zero attached hydrogens (tertiary/aromatic N) is 2. The van der Waals surface area contributed by atoms with Gasteiger partial charge in [0, 0.05) is 44.7 Å². The number of guanidine groups is 1. The molecule has 1 aliphatic heterocycles. The molecule has 3 rings (SSSR count). The first-order valence-corrected chi connectivity index (χ1v) is 19.7. The largest absolute Gasteiger partial charge is 0.370 e. The summed E-state index contributed by atoms with van der Waals surface area (Å²) in [7, 11) is 0. The molecule has 1 saturated heterocycles. The first kappa shape index (κ1) is 48.3. The SMILES string of the molecule is CC(=O)N[C@@H](CCCN=C(N)N)C(=O)N[C@H]1CC(=O)NCCCC[C@@H](C(N)=O)NC(=O)CNC(=O)[C@H](C)NC(=O)[C@@H](Cc2ccccc2)NC(=O)[C@H](Cc2cnc[nH]2)NC1=O. The maximum absolute atomic E-state index is 14.1.